The number of halogens is 2. The van der Waals surface area contributed by atoms with Gasteiger partial charge in [0.15, 0.2) is 0 Å². The summed E-state index contributed by atoms with van der Waals surface area (Å²) in [6.07, 6.45) is 9.00. The summed E-state index contributed by atoms with van der Waals surface area (Å²) < 4.78 is 0.573. The Balaban J connectivity index is 1.31. The van der Waals surface area contributed by atoms with Gasteiger partial charge in [-0.15, -0.1) is 0 Å². The van der Waals surface area contributed by atoms with Crippen LogP contribution in [0.4, 0.5) is 10.5 Å². The number of nitrogens with zero attached hydrogens (tertiary/aromatic N) is 1. The second-order valence-corrected chi connectivity index (χ2v) is 11.9. The molecule has 5 aliphatic rings. The number of carbonyl (C=O) groups is 3. The molecular weight excluding hydrogens is 532 g/mol. The standard InChI is InChI=1S/C27H24BrClN2O4/c28-19-8-17(23(32)22(29)10-19)9-21-24(33)30-26(35)31(25(21)34)20-3-1-18(2-4-20)27-11-14-5-15(12-27)7-16(6-14)13-27/h1-4,8-10,14-16,32H,5-7,11-13H2,(H,30,33,35)/b21-9-. The first kappa shape index (κ1) is 22.8. The third kappa shape index (κ3) is 3.80. The highest BCUT2D eigenvalue weighted by Gasteiger charge is 2.51. The Morgan fingerprint density at radius 1 is 1.00 bits per heavy atom. The Morgan fingerprint density at radius 3 is 2.20 bits per heavy atom. The van der Waals surface area contributed by atoms with Crippen molar-refractivity contribution in [3.8, 4) is 5.75 Å². The van der Waals surface area contributed by atoms with Crippen LogP contribution < -0.4 is 10.2 Å². The quantitative estimate of drug-likeness (QED) is 0.362. The fourth-order valence-corrected chi connectivity index (χ4v) is 8.01. The second-order valence-electron chi connectivity index (χ2n) is 10.5. The number of phenols is 1. The van der Waals surface area contributed by atoms with Crippen molar-refractivity contribution < 1.29 is 19.5 Å². The number of phenolic OH excluding ortho intramolecular Hbond substituents is 1. The number of barbiturate groups is 1. The van der Waals surface area contributed by atoms with Gasteiger partial charge in [0.05, 0.1) is 10.7 Å². The predicted octanol–water partition coefficient (Wildman–Crippen LogP) is 5.94. The van der Waals surface area contributed by atoms with Gasteiger partial charge in [0.1, 0.15) is 11.3 Å². The van der Waals surface area contributed by atoms with E-state index in [2.05, 4.69) is 21.2 Å². The molecule has 4 aliphatic carbocycles. The van der Waals surface area contributed by atoms with Crippen LogP contribution in [0, 0.1) is 17.8 Å². The summed E-state index contributed by atoms with van der Waals surface area (Å²) in [5.41, 5.74) is 1.81. The fraction of sp³-hybridized carbons (Fsp3) is 0.370. The van der Waals surface area contributed by atoms with Crippen LogP contribution >= 0.6 is 27.5 Å². The van der Waals surface area contributed by atoms with Gasteiger partial charge < -0.3 is 5.11 Å². The van der Waals surface area contributed by atoms with Gasteiger partial charge in [-0.1, -0.05) is 39.7 Å². The highest BCUT2D eigenvalue weighted by Crippen LogP contribution is 2.60. The molecule has 0 spiro atoms. The van der Waals surface area contributed by atoms with Crippen molar-refractivity contribution in [1.29, 1.82) is 0 Å². The van der Waals surface area contributed by atoms with Crippen molar-refractivity contribution in [1.82, 2.24) is 5.32 Å². The van der Waals surface area contributed by atoms with Crippen LogP contribution in [0.1, 0.15) is 49.7 Å². The molecular formula is C27H24BrClN2O4. The minimum absolute atomic E-state index is 0.0723. The first-order valence-corrected chi connectivity index (χ1v) is 13.1. The van der Waals surface area contributed by atoms with E-state index in [0.717, 1.165) is 22.7 Å². The molecule has 1 saturated heterocycles. The van der Waals surface area contributed by atoms with Crippen LogP contribution in [-0.4, -0.2) is 23.0 Å². The highest BCUT2D eigenvalue weighted by molar-refractivity contribution is 9.10. The Labute approximate surface area is 216 Å². The van der Waals surface area contributed by atoms with E-state index >= 15 is 0 Å². The molecule has 2 N–H and O–H groups in total. The number of amides is 4. The predicted molar refractivity (Wildman–Crippen MR) is 136 cm³/mol. The monoisotopic (exact) mass is 554 g/mol. The maximum Gasteiger partial charge on any atom is 0.335 e. The smallest absolute Gasteiger partial charge is 0.335 e. The lowest BCUT2D eigenvalue weighted by atomic mass is 9.48. The number of rotatable bonds is 3. The van der Waals surface area contributed by atoms with Gasteiger partial charge >= 0.3 is 6.03 Å². The molecule has 0 atom stereocenters. The molecule has 4 amide bonds. The number of anilines is 1. The van der Waals surface area contributed by atoms with E-state index in [-0.39, 0.29) is 27.3 Å². The van der Waals surface area contributed by atoms with Gasteiger partial charge in [-0.25, -0.2) is 9.69 Å². The summed E-state index contributed by atoms with van der Waals surface area (Å²) in [6.45, 7) is 0. The van der Waals surface area contributed by atoms with Crippen LogP contribution in [0.3, 0.4) is 0 Å². The summed E-state index contributed by atoms with van der Waals surface area (Å²) in [4.78, 5) is 39.4. The van der Waals surface area contributed by atoms with E-state index < -0.39 is 17.8 Å². The SMILES string of the molecule is O=C1NC(=O)N(c2ccc(C34CC5CC(CC(C5)C3)C4)cc2)C(=O)/C1=C\c1cc(Br)cc(Cl)c1O. The lowest BCUT2D eigenvalue weighted by molar-refractivity contribution is -0.122. The van der Waals surface area contributed by atoms with Gasteiger partial charge in [0.25, 0.3) is 11.8 Å². The third-order valence-electron chi connectivity index (χ3n) is 8.24. The van der Waals surface area contributed by atoms with Crippen LogP contribution in [0.2, 0.25) is 5.02 Å². The van der Waals surface area contributed by atoms with Gasteiger partial charge in [-0.2, -0.15) is 0 Å². The van der Waals surface area contributed by atoms with Crippen molar-refractivity contribution in [2.45, 2.75) is 43.9 Å². The molecule has 4 saturated carbocycles. The maximum atomic E-state index is 13.3. The zero-order valence-electron chi connectivity index (χ0n) is 18.9. The minimum Gasteiger partial charge on any atom is -0.506 e. The summed E-state index contributed by atoms with van der Waals surface area (Å²) in [6, 6.07) is 9.93. The zero-order chi connectivity index (χ0) is 24.5. The Kier molecular flexibility index (Phi) is 5.34. The summed E-state index contributed by atoms with van der Waals surface area (Å²) in [5, 5.41) is 12.6. The van der Waals surface area contributed by atoms with Gasteiger partial charge in [-0.05, 0) is 97.6 Å². The molecule has 1 heterocycles. The molecule has 4 bridgehead atoms. The van der Waals surface area contributed by atoms with Crippen molar-refractivity contribution in [2.75, 3.05) is 4.90 Å². The average molecular weight is 556 g/mol. The number of hydrogen-bond donors (Lipinski definition) is 2. The fourth-order valence-electron chi connectivity index (χ4n) is 7.17. The molecule has 0 aromatic heterocycles. The van der Waals surface area contributed by atoms with Gasteiger partial charge in [-0.3, -0.25) is 14.9 Å². The average Bonchev–Trinajstić information content (AvgIpc) is 2.79. The lowest BCUT2D eigenvalue weighted by Crippen LogP contribution is -2.54. The topological polar surface area (TPSA) is 86.7 Å². The van der Waals surface area contributed by atoms with Crippen LogP contribution in [-0.2, 0) is 15.0 Å². The number of imide groups is 2. The minimum atomic E-state index is -0.822. The van der Waals surface area contributed by atoms with Crippen LogP contribution in [0.25, 0.3) is 6.08 Å². The highest BCUT2D eigenvalue weighted by atomic mass is 79.9. The Hall–Kier alpha value is -2.64. The largest absolute Gasteiger partial charge is 0.506 e. The van der Waals surface area contributed by atoms with Gasteiger partial charge in [0.2, 0.25) is 0 Å². The number of urea groups is 1. The van der Waals surface area contributed by atoms with Crippen molar-refractivity contribution in [3.63, 3.8) is 0 Å². The number of nitrogens with one attached hydrogen (secondary N) is 1. The molecule has 6 nitrogen and oxygen atoms in total. The molecule has 7 rings (SSSR count). The number of carbonyl (C=O) groups excluding carboxylic acids is 3. The molecule has 2 aromatic carbocycles. The number of aromatic hydroxyl groups is 1. The maximum absolute atomic E-state index is 13.3. The lowest BCUT2D eigenvalue weighted by Gasteiger charge is -2.57. The first-order valence-electron chi connectivity index (χ1n) is 11.9. The summed E-state index contributed by atoms with van der Waals surface area (Å²) in [7, 11) is 0. The molecule has 2 aromatic rings. The molecule has 8 heteroatoms. The van der Waals surface area contributed by atoms with Crippen molar-refractivity contribution >= 4 is 57.1 Å². The molecule has 5 fully saturated rings. The number of benzene rings is 2. The van der Waals surface area contributed by atoms with E-state index in [1.807, 2.05) is 12.1 Å². The Morgan fingerprint density at radius 2 is 1.60 bits per heavy atom. The second kappa shape index (κ2) is 8.20. The zero-order valence-corrected chi connectivity index (χ0v) is 21.2. The van der Waals surface area contributed by atoms with E-state index in [4.69, 9.17) is 11.6 Å². The summed E-state index contributed by atoms with van der Waals surface area (Å²) >= 11 is 9.31. The normalized spacial score (nSPS) is 30.8. The third-order valence-corrected chi connectivity index (χ3v) is 8.98. The van der Waals surface area contributed by atoms with Gasteiger partial charge in [0, 0.05) is 10.0 Å². The Bertz CT molecular complexity index is 1270. The molecule has 180 valence electrons. The van der Waals surface area contributed by atoms with Crippen molar-refractivity contribution in [2.24, 2.45) is 17.8 Å². The van der Waals surface area contributed by atoms with Crippen molar-refractivity contribution in [3.05, 3.63) is 62.6 Å². The van der Waals surface area contributed by atoms with Crippen LogP contribution in [0.15, 0.2) is 46.4 Å². The molecule has 0 unspecified atom stereocenters. The van der Waals surface area contributed by atoms with Crippen LogP contribution in [0.5, 0.6) is 5.75 Å². The van der Waals surface area contributed by atoms with E-state index in [0.29, 0.717) is 10.2 Å². The molecule has 1 aliphatic heterocycles. The van der Waals surface area contributed by atoms with E-state index in [1.165, 1.54) is 62.3 Å². The number of hydrogen-bond acceptors (Lipinski definition) is 4. The molecule has 35 heavy (non-hydrogen) atoms. The summed E-state index contributed by atoms with van der Waals surface area (Å²) in [5.74, 6) is 0.617. The molecule has 0 radical (unpaired) electrons. The van der Waals surface area contributed by atoms with E-state index in [1.54, 1.807) is 12.1 Å². The first-order chi connectivity index (χ1) is 16.7. The van der Waals surface area contributed by atoms with E-state index in [9.17, 15) is 19.5 Å².